The van der Waals surface area contributed by atoms with Gasteiger partial charge in [-0.3, -0.25) is 14.5 Å². The van der Waals surface area contributed by atoms with Gasteiger partial charge in [0.2, 0.25) is 5.91 Å². The summed E-state index contributed by atoms with van der Waals surface area (Å²) in [6, 6.07) is 5.67. The van der Waals surface area contributed by atoms with E-state index in [-0.39, 0.29) is 11.8 Å². The molecular formula is C15H20BrN3O2. The van der Waals surface area contributed by atoms with Crippen LogP contribution in [0.4, 0.5) is 0 Å². The number of carbonyl (C=O) groups is 2. The van der Waals surface area contributed by atoms with E-state index in [1.54, 1.807) is 7.05 Å². The van der Waals surface area contributed by atoms with Crippen molar-refractivity contribution in [3.05, 3.63) is 33.8 Å². The van der Waals surface area contributed by atoms with Crippen molar-refractivity contribution in [2.75, 3.05) is 39.8 Å². The number of aryl methyl sites for hydroxylation is 1. The Morgan fingerprint density at radius 2 is 1.90 bits per heavy atom. The van der Waals surface area contributed by atoms with Crippen molar-refractivity contribution in [1.29, 1.82) is 0 Å². The molecule has 1 aliphatic heterocycles. The zero-order valence-corrected chi connectivity index (χ0v) is 13.9. The maximum absolute atomic E-state index is 12.5. The summed E-state index contributed by atoms with van der Waals surface area (Å²) in [5.74, 6) is 0.0625. The van der Waals surface area contributed by atoms with E-state index < -0.39 is 0 Å². The van der Waals surface area contributed by atoms with Crippen LogP contribution in [-0.2, 0) is 4.79 Å². The molecule has 1 heterocycles. The Kier molecular flexibility index (Phi) is 5.36. The second-order valence-electron chi connectivity index (χ2n) is 5.21. The predicted octanol–water partition coefficient (Wildman–Crippen LogP) is 1.26. The average molecular weight is 354 g/mol. The van der Waals surface area contributed by atoms with Gasteiger partial charge in [0.25, 0.3) is 5.91 Å². The third-order valence-electron chi connectivity index (χ3n) is 3.72. The molecule has 5 nitrogen and oxygen atoms in total. The first-order valence-corrected chi connectivity index (χ1v) is 7.79. The molecule has 114 valence electrons. The highest BCUT2D eigenvalue weighted by atomic mass is 79.9. The first-order valence-electron chi connectivity index (χ1n) is 6.99. The Morgan fingerprint density at radius 1 is 1.24 bits per heavy atom. The van der Waals surface area contributed by atoms with Crippen LogP contribution in [-0.4, -0.2) is 61.4 Å². The molecule has 1 aliphatic rings. The molecule has 1 fully saturated rings. The summed E-state index contributed by atoms with van der Waals surface area (Å²) in [4.78, 5) is 27.7. The number of nitrogens with one attached hydrogen (secondary N) is 1. The molecule has 1 N–H and O–H groups in total. The molecule has 6 heteroatoms. The largest absolute Gasteiger partial charge is 0.358 e. The lowest BCUT2D eigenvalue weighted by atomic mass is 10.1. The van der Waals surface area contributed by atoms with E-state index in [4.69, 9.17) is 0 Å². The number of benzene rings is 1. The van der Waals surface area contributed by atoms with Gasteiger partial charge in [-0.25, -0.2) is 0 Å². The van der Waals surface area contributed by atoms with E-state index in [9.17, 15) is 9.59 Å². The van der Waals surface area contributed by atoms with Crippen LogP contribution in [0.1, 0.15) is 15.9 Å². The van der Waals surface area contributed by atoms with E-state index in [2.05, 4.69) is 26.1 Å². The van der Waals surface area contributed by atoms with Crippen LogP contribution in [0, 0.1) is 6.92 Å². The van der Waals surface area contributed by atoms with Gasteiger partial charge in [0.1, 0.15) is 0 Å². The highest BCUT2D eigenvalue weighted by Gasteiger charge is 2.23. The van der Waals surface area contributed by atoms with Crippen LogP contribution < -0.4 is 5.32 Å². The van der Waals surface area contributed by atoms with E-state index in [0.717, 1.165) is 23.1 Å². The molecule has 1 aromatic rings. The number of amides is 2. The van der Waals surface area contributed by atoms with Crippen LogP contribution in [0.3, 0.4) is 0 Å². The topological polar surface area (TPSA) is 52.7 Å². The molecule has 0 radical (unpaired) electrons. The summed E-state index contributed by atoms with van der Waals surface area (Å²) in [7, 11) is 1.64. The van der Waals surface area contributed by atoms with Gasteiger partial charge in [0.15, 0.2) is 0 Å². The third kappa shape index (κ3) is 4.04. The van der Waals surface area contributed by atoms with E-state index in [1.165, 1.54) is 0 Å². The highest BCUT2D eigenvalue weighted by molar-refractivity contribution is 9.10. The van der Waals surface area contributed by atoms with Gasteiger partial charge in [0.05, 0.1) is 6.54 Å². The molecule has 0 atom stereocenters. The molecule has 2 amide bonds. The Balaban J connectivity index is 1.93. The van der Waals surface area contributed by atoms with Crippen molar-refractivity contribution in [3.63, 3.8) is 0 Å². The predicted molar refractivity (Wildman–Crippen MR) is 85.3 cm³/mol. The minimum Gasteiger partial charge on any atom is -0.358 e. The van der Waals surface area contributed by atoms with Crippen LogP contribution in [0.5, 0.6) is 0 Å². The normalized spacial score (nSPS) is 15.9. The number of rotatable bonds is 3. The smallest absolute Gasteiger partial charge is 0.253 e. The van der Waals surface area contributed by atoms with Gasteiger partial charge in [-0.15, -0.1) is 0 Å². The van der Waals surface area contributed by atoms with Crippen molar-refractivity contribution < 1.29 is 9.59 Å². The van der Waals surface area contributed by atoms with E-state index in [0.29, 0.717) is 25.2 Å². The fourth-order valence-electron chi connectivity index (χ4n) is 2.30. The number of piperazine rings is 1. The first kappa shape index (κ1) is 16.0. The second kappa shape index (κ2) is 7.04. The van der Waals surface area contributed by atoms with Gasteiger partial charge < -0.3 is 10.2 Å². The van der Waals surface area contributed by atoms with Crippen molar-refractivity contribution in [1.82, 2.24) is 15.1 Å². The summed E-state index contributed by atoms with van der Waals surface area (Å²) in [5.41, 5.74) is 1.81. The highest BCUT2D eigenvalue weighted by Crippen LogP contribution is 2.19. The molecule has 0 spiro atoms. The van der Waals surface area contributed by atoms with Crippen LogP contribution in [0.25, 0.3) is 0 Å². The second-order valence-corrected chi connectivity index (χ2v) is 6.06. The van der Waals surface area contributed by atoms with E-state index in [1.807, 2.05) is 30.0 Å². The summed E-state index contributed by atoms with van der Waals surface area (Å²) in [6.07, 6.45) is 0. The van der Waals surface area contributed by atoms with Crippen LogP contribution in [0.2, 0.25) is 0 Å². The Labute approximate surface area is 133 Å². The molecule has 0 aromatic heterocycles. The quantitative estimate of drug-likeness (QED) is 0.889. The molecule has 1 saturated heterocycles. The Hall–Kier alpha value is -1.40. The monoisotopic (exact) mass is 353 g/mol. The lowest BCUT2D eigenvalue weighted by Crippen LogP contribution is -2.50. The standard InChI is InChI=1S/C15H20BrN3O2/c1-11-3-4-12(9-13(11)16)15(21)19-7-5-18(6-8-19)10-14(20)17-2/h3-4,9H,5-8,10H2,1-2H3,(H,17,20). The molecule has 0 unspecified atom stereocenters. The van der Waals surface area contributed by atoms with Crippen LogP contribution in [0.15, 0.2) is 22.7 Å². The van der Waals surface area contributed by atoms with Crippen molar-refractivity contribution in [2.45, 2.75) is 6.92 Å². The Morgan fingerprint density at radius 3 is 2.48 bits per heavy atom. The average Bonchev–Trinajstić information content (AvgIpc) is 2.50. The van der Waals surface area contributed by atoms with Crippen molar-refractivity contribution in [3.8, 4) is 0 Å². The fourth-order valence-corrected chi connectivity index (χ4v) is 2.68. The molecular weight excluding hydrogens is 334 g/mol. The third-order valence-corrected chi connectivity index (χ3v) is 4.58. The number of nitrogens with zero attached hydrogens (tertiary/aromatic N) is 2. The molecule has 21 heavy (non-hydrogen) atoms. The summed E-state index contributed by atoms with van der Waals surface area (Å²) < 4.78 is 0.951. The summed E-state index contributed by atoms with van der Waals surface area (Å²) in [5, 5.41) is 2.62. The minimum absolute atomic E-state index is 0.0113. The molecule has 0 bridgehead atoms. The van der Waals surface area contributed by atoms with Crippen LogP contribution >= 0.6 is 15.9 Å². The number of carbonyl (C=O) groups excluding carboxylic acids is 2. The molecule has 0 aliphatic carbocycles. The lowest BCUT2D eigenvalue weighted by Gasteiger charge is -2.34. The van der Waals surface area contributed by atoms with Gasteiger partial charge in [0, 0.05) is 43.3 Å². The molecule has 0 saturated carbocycles. The number of halogens is 1. The zero-order chi connectivity index (χ0) is 15.4. The molecule has 1 aromatic carbocycles. The zero-order valence-electron chi connectivity index (χ0n) is 12.4. The number of likely N-dealkylation sites (N-methyl/N-ethyl adjacent to an activating group) is 1. The summed E-state index contributed by atoms with van der Waals surface area (Å²) >= 11 is 3.46. The van der Waals surface area contributed by atoms with Gasteiger partial charge in [-0.1, -0.05) is 22.0 Å². The number of hydrogen-bond donors (Lipinski definition) is 1. The van der Waals surface area contributed by atoms with E-state index >= 15 is 0 Å². The number of hydrogen-bond acceptors (Lipinski definition) is 3. The van der Waals surface area contributed by atoms with Gasteiger partial charge >= 0.3 is 0 Å². The SMILES string of the molecule is CNC(=O)CN1CCN(C(=O)c2ccc(C)c(Br)c2)CC1. The Bertz CT molecular complexity index is 540. The molecule has 2 rings (SSSR count). The first-order chi connectivity index (χ1) is 10.0. The lowest BCUT2D eigenvalue weighted by molar-refractivity contribution is -0.122. The van der Waals surface area contributed by atoms with Crippen molar-refractivity contribution in [2.24, 2.45) is 0 Å². The van der Waals surface area contributed by atoms with Crippen molar-refractivity contribution >= 4 is 27.7 Å². The fraction of sp³-hybridized carbons (Fsp3) is 0.467. The summed E-state index contributed by atoms with van der Waals surface area (Å²) in [6.45, 7) is 5.16. The van der Waals surface area contributed by atoms with Gasteiger partial charge in [-0.05, 0) is 24.6 Å². The minimum atomic E-state index is 0.0113. The van der Waals surface area contributed by atoms with Gasteiger partial charge in [-0.2, -0.15) is 0 Å². The maximum atomic E-state index is 12.5. The maximum Gasteiger partial charge on any atom is 0.253 e.